The zero-order valence-electron chi connectivity index (χ0n) is 16.1. The number of hydrogen-bond acceptors (Lipinski definition) is 5. The first-order valence-corrected chi connectivity index (χ1v) is 11.0. The Balaban J connectivity index is 1.60. The Labute approximate surface area is 173 Å². The number of allylic oxidation sites excluding steroid dienone is 1. The normalized spacial score (nSPS) is 10.8. The van der Waals surface area contributed by atoms with E-state index in [0.717, 1.165) is 23.0 Å². The van der Waals surface area contributed by atoms with Crippen LogP contribution in [0.3, 0.4) is 0 Å². The maximum Gasteiger partial charge on any atom is 0.230 e. The number of carbonyl (C=O) groups is 1. The first kappa shape index (κ1) is 20.4. The molecule has 7 heteroatoms. The Hall–Kier alpha value is -2.38. The molecule has 2 heterocycles. The molecule has 146 valence electrons. The molecule has 28 heavy (non-hydrogen) atoms. The largest absolute Gasteiger partial charge is 0.355 e. The van der Waals surface area contributed by atoms with Crippen LogP contribution in [0, 0.1) is 13.8 Å². The number of benzene rings is 1. The molecule has 0 spiro atoms. The number of carbonyl (C=O) groups excluding carboxylic acids is 1. The fourth-order valence-corrected chi connectivity index (χ4v) is 4.44. The number of thioether (sulfide) groups is 1. The lowest BCUT2D eigenvalue weighted by Gasteiger charge is -2.08. The second-order valence-electron chi connectivity index (χ2n) is 6.41. The summed E-state index contributed by atoms with van der Waals surface area (Å²) in [6.07, 6.45) is 2.65. The molecule has 0 unspecified atom stereocenters. The van der Waals surface area contributed by atoms with Crippen LogP contribution in [-0.4, -0.2) is 33.0 Å². The molecule has 0 aliphatic heterocycles. The Bertz CT molecular complexity index is 947. The first-order valence-electron chi connectivity index (χ1n) is 9.12. The van der Waals surface area contributed by atoms with E-state index in [1.54, 1.807) is 11.3 Å². The van der Waals surface area contributed by atoms with Gasteiger partial charge in [0.05, 0.1) is 5.75 Å². The maximum atomic E-state index is 12.2. The molecule has 3 rings (SSSR count). The van der Waals surface area contributed by atoms with Crippen LogP contribution in [-0.2, 0) is 17.8 Å². The minimum atomic E-state index is -0.00167. The van der Waals surface area contributed by atoms with Gasteiger partial charge in [-0.3, -0.25) is 9.36 Å². The maximum absolute atomic E-state index is 12.2. The van der Waals surface area contributed by atoms with E-state index in [0.29, 0.717) is 18.8 Å². The predicted molar refractivity (Wildman–Crippen MR) is 117 cm³/mol. The monoisotopic (exact) mass is 412 g/mol. The lowest BCUT2D eigenvalue weighted by atomic mass is 10.1. The van der Waals surface area contributed by atoms with Gasteiger partial charge in [0.1, 0.15) is 0 Å². The van der Waals surface area contributed by atoms with Gasteiger partial charge < -0.3 is 5.32 Å². The molecule has 1 amide bonds. The van der Waals surface area contributed by atoms with E-state index < -0.39 is 0 Å². The van der Waals surface area contributed by atoms with Gasteiger partial charge in [0.2, 0.25) is 5.91 Å². The summed E-state index contributed by atoms with van der Waals surface area (Å²) in [6.45, 7) is 9.28. The third kappa shape index (κ3) is 4.91. The molecule has 0 saturated carbocycles. The zero-order valence-corrected chi connectivity index (χ0v) is 17.8. The number of amides is 1. The average Bonchev–Trinajstić information content (AvgIpc) is 3.24. The standard InChI is InChI=1S/C21H24N4OS2/c1-4-12-25-20(18-13-27-16(3)15(18)2)23-24-21(25)28-14-19(26)22-11-10-17-8-6-5-7-9-17/h4-9,13H,1,10-12,14H2,2-3H3,(H,22,26). The number of hydrogen-bond donors (Lipinski definition) is 1. The molecule has 0 aliphatic rings. The van der Waals surface area contributed by atoms with Crippen LogP contribution in [0.15, 0.2) is 53.5 Å². The van der Waals surface area contributed by atoms with Gasteiger partial charge in [-0.25, -0.2) is 0 Å². The number of thiophene rings is 1. The smallest absolute Gasteiger partial charge is 0.230 e. The Morgan fingerprint density at radius 3 is 2.75 bits per heavy atom. The molecule has 0 fully saturated rings. The third-order valence-corrected chi connectivity index (χ3v) is 6.45. The summed E-state index contributed by atoms with van der Waals surface area (Å²) in [5.74, 6) is 1.14. The molecule has 3 aromatic rings. The summed E-state index contributed by atoms with van der Waals surface area (Å²) in [5, 5.41) is 14.5. The minimum absolute atomic E-state index is 0.00167. The van der Waals surface area contributed by atoms with Crippen molar-refractivity contribution in [2.45, 2.75) is 32.0 Å². The van der Waals surface area contributed by atoms with Crippen LogP contribution < -0.4 is 5.32 Å². The highest BCUT2D eigenvalue weighted by Gasteiger charge is 2.17. The summed E-state index contributed by atoms with van der Waals surface area (Å²) >= 11 is 3.11. The number of nitrogens with zero attached hydrogens (tertiary/aromatic N) is 3. The predicted octanol–water partition coefficient (Wildman–Crippen LogP) is 4.26. The van der Waals surface area contributed by atoms with E-state index >= 15 is 0 Å². The molecule has 0 radical (unpaired) electrons. The van der Waals surface area contributed by atoms with Crippen molar-refractivity contribution in [1.82, 2.24) is 20.1 Å². The van der Waals surface area contributed by atoms with Crippen molar-refractivity contribution in [3.05, 3.63) is 64.4 Å². The highest BCUT2D eigenvalue weighted by atomic mass is 32.2. The van der Waals surface area contributed by atoms with E-state index in [2.05, 4.69) is 53.5 Å². The van der Waals surface area contributed by atoms with E-state index in [-0.39, 0.29) is 5.91 Å². The highest BCUT2D eigenvalue weighted by molar-refractivity contribution is 7.99. The Morgan fingerprint density at radius 1 is 1.29 bits per heavy atom. The second-order valence-corrected chi connectivity index (χ2v) is 8.44. The van der Waals surface area contributed by atoms with Gasteiger partial charge in [0.15, 0.2) is 11.0 Å². The van der Waals surface area contributed by atoms with Gasteiger partial charge in [-0.2, -0.15) is 0 Å². The highest BCUT2D eigenvalue weighted by Crippen LogP contribution is 2.31. The molecular weight excluding hydrogens is 388 g/mol. The molecule has 1 N–H and O–H groups in total. The van der Waals surface area contributed by atoms with Gasteiger partial charge in [0.25, 0.3) is 0 Å². The number of nitrogens with one attached hydrogen (secondary N) is 1. The van der Waals surface area contributed by atoms with Crippen molar-refractivity contribution < 1.29 is 4.79 Å². The second kappa shape index (κ2) is 9.71. The SMILES string of the molecule is C=CCn1c(SCC(=O)NCCc2ccccc2)nnc1-c1csc(C)c1C. The topological polar surface area (TPSA) is 59.8 Å². The molecule has 0 atom stereocenters. The van der Waals surface area contributed by atoms with Crippen LogP contribution in [0.4, 0.5) is 0 Å². The van der Waals surface area contributed by atoms with E-state index in [1.807, 2.05) is 28.8 Å². The lowest BCUT2D eigenvalue weighted by Crippen LogP contribution is -2.27. The summed E-state index contributed by atoms with van der Waals surface area (Å²) in [4.78, 5) is 13.5. The molecule has 0 bridgehead atoms. The van der Waals surface area contributed by atoms with Crippen LogP contribution in [0.2, 0.25) is 0 Å². The molecule has 0 aliphatic carbocycles. The summed E-state index contributed by atoms with van der Waals surface area (Å²) in [6, 6.07) is 10.1. The molecule has 2 aromatic heterocycles. The molecule has 5 nitrogen and oxygen atoms in total. The third-order valence-electron chi connectivity index (χ3n) is 4.47. The van der Waals surface area contributed by atoms with Crippen molar-refractivity contribution in [3.8, 4) is 11.4 Å². The van der Waals surface area contributed by atoms with Crippen molar-refractivity contribution in [2.75, 3.05) is 12.3 Å². The van der Waals surface area contributed by atoms with Crippen LogP contribution in [0.5, 0.6) is 0 Å². The zero-order chi connectivity index (χ0) is 19.9. The van der Waals surface area contributed by atoms with Crippen LogP contribution in [0.1, 0.15) is 16.0 Å². The summed E-state index contributed by atoms with van der Waals surface area (Å²) < 4.78 is 2.02. The van der Waals surface area contributed by atoms with Gasteiger partial charge >= 0.3 is 0 Å². The van der Waals surface area contributed by atoms with Crippen molar-refractivity contribution in [1.29, 1.82) is 0 Å². The van der Waals surface area contributed by atoms with E-state index in [1.165, 1.54) is 27.8 Å². The van der Waals surface area contributed by atoms with E-state index in [4.69, 9.17) is 0 Å². The number of rotatable bonds is 9. The van der Waals surface area contributed by atoms with E-state index in [9.17, 15) is 4.79 Å². The van der Waals surface area contributed by atoms with Gasteiger partial charge in [-0.15, -0.1) is 28.1 Å². The van der Waals surface area contributed by atoms with Crippen molar-refractivity contribution in [3.63, 3.8) is 0 Å². The summed E-state index contributed by atoms with van der Waals surface area (Å²) in [5.41, 5.74) is 3.53. The minimum Gasteiger partial charge on any atom is -0.355 e. The fraction of sp³-hybridized carbons (Fsp3) is 0.286. The van der Waals surface area contributed by atoms with Gasteiger partial charge in [0, 0.05) is 28.9 Å². The molecule has 0 saturated heterocycles. The van der Waals surface area contributed by atoms with Crippen molar-refractivity contribution in [2.24, 2.45) is 0 Å². The molecular formula is C21H24N4OS2. The molecule has 1 aromatic carbocycles. The lowest BCUT2D eigenvalue weighted by molar-refractivity contribution is -0.118. The van der Waals surface area contributed by atoms with Crippen LogP contribution in [0.25, 0.3) is 11.4 Å². The van der Waals surface area contributed by atoms with Crippen molar-refractivity contribution >= 4 is 29.0 Å². The number of aryl methyl sites for hydroxylation is 1. The fourth-order valence-electron chi connectivity index (χ4n) is 2.79. The Morgan fingerprint density at radius 2 is 2.07 bits per heavy atom. The van der Waals surface area contributed by atoms with Gasteiger partial charge in [-0.1, -0.05) is 48.2 Å². The Kier molecular flexibility index (Phi) is 7.06. The summed E-state index contributed by atoms with van der Waals surface area (Å²) in [7, 11) is 0. The number of aromatic nitrogens is 3. The average molecular weight is 413 g/mol. The first-order chi connectivity index (χ1) is 13.6. The quantitative estimate of drug-likeness (QED) is 0.421. The van der Waals surface area contributed by atoms with Crippen LogP contribution >= 0.6 is 23.1 Å². The van der Waals surface area contributed by atoms with Gasteiger partial charge in [-0.05, 0) is 31.4 Å².